The van der Waals surface area contributed by atoms with Crippen molar-refractivity contribution in [1.82, 2.24) is 10.2 Å². The standard InChI is InChI=1S/C16H28N2O4/c1-16(2,3)15(20)17-8-7-13(19)18-9-5-4-6-12(18)14-21-10-11-22-14/h12,14H,4-11H2,1-3H3,(H,17,20). The van der Waals surface area contributed by atoms with E-state index in [0.717, 1.165) is 25.8 Å². The molecule has 6 heteroatoms. The van der Waals surface area contributed by atoms with E-state index in [1.807, 2.05) is 25.7 Å². The van der Waals surface area contributed by atoms with E-state index in [0.29, 0.717) is 26.2 Å². The van der Waals surface area contributed by atoms with E-state index >= 15 is 0 Å². The van der Waals surface area contributed by atoms with E-state index in [4.69, 9.17) is 9.47 Å². The summed E-state index contributed by atoms with van der Waals surface area (Å²) in [5.41, 5.74) is -0.428. The number of carbonyl (C=O) groups is 2. The molecule has 2 rings (SSSR count). The SMILES string of the molecule is CC(C)(C)C(=O)NCCC(=O)N1CCCCC1C1OCCO1. The number of nitrogens with one attached hydrogen (secondary N) is 1. The van der Waals surface area contributed by atoms with Crippen LogP contribution in [0.2, 0.25) is 0 Å². The highest BCUT2D eigenvalue weighted by molar-refractivity contribution is 5.82. The van der Waals surface area contributed by atoms with Gasteiger partial charge in [0.15, 0.2) is 6.29 Å². The van der Waals surface area contributed by atoms with Crippen molar-refractivity contribution >= 4 is 11.8 Å². The second kappa shape index (κ2) is 7.42. The number of amides is 2. The Morgan fingerprint density at radius 1 is 1.18 bits per heavy atom. The summed E-state index contributed by atoms with van der Waals surface area (Å²) in [6, 6.07) is 0.0158. The zero-order chi connectivity index (χ0) is 16.2. The fourth-order valence-corrected chi connectivity index (χ4v) is 2.84. The molecular weight excluding hydrogens is 284 g/mol. The Bertz CT molecular complexity index is 399. The Labute approximate surface area is 132 Å². The molecule has 0 radical (unpaired) electrons. The van der Waals surface area contributed by atoms with E-state index in [1.54, 1.807) is 0 Å². The molecule has 126 valence electrons. The Balaban J connectivity index is 1.83. The molecule has 22 heavy (non-hydrogen) atoms. The van der Waals surface area contributed by atoms with Gasteiger partial charge in [-0.3, -0.25) is 9.59 Å². The molecule has 0 bridgehead atoms. The third-order valence-corrected chi connectivity index (χ3v) is 4.14. The van der Waals surface area contributed by atoms with Gasteiger partial charge in [-0.1, -0.05) is 20.8 Å². The van der Waals surface area contributed by atoms with Gasteiger partial charge in [0.25, 0.3) is 0 Å². The number of rotatable bonds is 4. The van der Waals surface area contributed by atoms with Crippen LogP contribution in [0.1, 0.15) is 46.5 Å². The number of piperidine rings is 1. The van der Waals surface area contributed by atoms with Gasteiger partial charge in [0.2, 0.25) is 11.8 Å². The molecule has 0 aromatic heterocycles. The van der Waals surface area contributed by atoms with Crippen molar-refractivity contribution in [2.75, 3.05) is 26.3 Å². The fraction of sp³-hybridized carbons (Fsp3) is 0.875. The fourth-order valence-electron chi connectivity index (χ4n) is 2.84. The summed E-state index contributed by atoms with van der Waals surface area (Å²) in [6.45, 7) is 7.92. The quantitative estimate of drug-likeness (QED) is 0.849. The molecule has 2 aliphatic heterocycles. The lowest BCUT2D eigenvalue weighted by atomic mass is 9.96. The Hall–Kier alpha value is -1.14. The molecule has 2 amide bonds. The van der Waals surface area contributed by atoms with Gasteiger partial charge in [-0.2, -0.15) is 0 Å². The summed E-state index contributed by atoms with van der Waals surface area (Å²) in [4.78, 5) is 26.2. The summed E-state index contributed by atoms with van der Waals surface area (Å²) in [6.07, 6.45) is 3.07. The maximum Gasteiger partial charge on any atom is 0.225 e. The highest BCUT2D eigenvalue weighted by atomic mass is 16.7. The van der Waals surface area contributed by atoms with Gasteiger partial charge in [-0.05, 0) is 19.3 Å². The summed E-state index contributed by atoms with van der Waals surface area (Å²) < 4.78 is 11.1. The van der Waals surface area contributed by atoms with Gasteiger partial charge in [0, 0.05) is 24.9 Å². The largest absolute Gasteiger partial charge is 0.355 e. The zero-order valence-corrected chi connectivity index (χ0v) is 13.9. The van der Waals surface area contributed by atoms with Crippen LogP contribution < -0.4 is 5.32 Å². The minimum atomic E-state index is -0.428. The third kappa shape index (κ3) is 4.43. The Morgan fingerprint density at radius 3 is 2.50 bits per heavy atom. The highest BCUT2D eigenvalue weighted by Gasteiger charge is 2.35. The first-order chi connectivity index (χ1) is 10.4. The highest BCUT2D eigenvalue weighted by Crippen LogP contribution is 2.25. The normalized spacial score (nSPS) is 23.6. The van der Waals surface area contributed by atoms with E-state index in [-0.39, 0.29) is 24.1 Å². The second-order valence-electron chi connectivity index (χ2n) is 7.02. The maximum absolute atomic E-state index is 12.5. The van der Waals surface area contributed by atoms with Crippen LogP contribution in [0.25, 0.3) is 0 Å². The van der Waals surface area contributed by atoms with Crippen LogP contribution in [-0.2, 0) is 19.1 Å². The monoisotopic (exact) mass is 312 g/mol. The average molecular weight is 312 g/mol. The van der Waals surface area contributed by atoms with Gasteiger partial charge < -0.3 is 19.7 Å². The first-order valence-electron chi connectivity index (χ1n) is 8.20. The number of nitrogens with zero attached hydrogens (tertiary/aromatic N) is 1. The van der Waals surface area contributed by atoms with Crippen LogP contribution in [0.15, 0.2) is 0 Å². The molecule has 2 heterocycles. The summed E-state index contributed by atoms with van der Waals surface area (Å²) in [5.74, 6) is 0.0379. The number of likely N-dealkylation sites (tertiary alicyclic amines) is 1. The van der Waals surface area contributed by atoms with Gasteiger partial charge in [0.05, 0.1) is 19.3 Å². The molecular formula is C16H28N2O4. The summed E-state index contributed by atoms with van der Waals surface area (Å²) in [7, 11) is 0. The van der Waals surface area contributed by atoms with Crippen molar-refractivity contribution in [1.29, 1.82) is 0 Å². The van der Waals surface area contributed by atoms with Gasteiger partial charge in [-0.25, -0.2) is 0 Å². The molecule has 0 saturated carbocycles. The molecule has 2 aliphatic rings. The van der Waals surface area contributed by atoms with Crippen LogP contribution in [0.5, 0.6) is 0 Å². The van der Waals surface area contributed by atoms with Gasteiger partial charge in [-0.15, -0.1) is 0 Å². The lowest BCUT2D eigenvalue weighted by Gasteiger charge is -2.38. The first kappa shape index (κ1) is 17.2. The first-order valence-corrected chi connectivity index (χ1v) is 8.20. The zero-order valence-electron chi connectivity index (χ0n) is 13.9. The average Bonchev–Trinajstić information content (AvgIpc) is 3.00. The van der Waals surface area contributed by atoms with Crippen LogP contribution in [0, 0.1) is 5.41 Å². The van der Waals surface area contributed by atoms with E-state index in [2.05, 4.69) is 5.32 Å². The van der Waals surface area contributed by atoms with Crippen molar-refractivity contribution in [2.45, 2.75) is 58.8 Å². The van der Waals surface area contributed by atoms with Crippen molar-refractivity contribution in [3.63, 3.8) is 0 Å². The van der Waals surface area contributed by atoms with Crippen molar-refractivity contribution < 1.29 is 19.1 Å². The van der Waals surface area contributed by atoms with Crippen LogP contribution in [0.3, 0.4) is 0 Å². The molecule has 0 aromatic carbocycles. The minimum Gasteiger partial charge on any atom is -0.355 e. The summed E-state index contributed by atoms with van der Waals surface area (Å²) in [5, 5.41) is 2.83. The Kier molecular flexibility index (Phi) is 5.81. The van der Waals surface area contributed by atoms with Gasteiger partial charge in [0.1, 0.15) is 0 Å². The predicted octanol–water partition coefficient (Wildman–Crippen LogP) is 1.29. The molecule has 1 N–H and O–H groups in total. The summed E-state index contributed by atoms with van der Waals surface area (Å²) >= 11 is 0. The lowest BCUT2D eigenvalue weighted by molar-refractivity contribution is -0.150. The van der Waals surface area contributed by atoms with Crippen molar-refractivity contribution in [2.24, 2.45) is 5.41 Å². The number of hydrogen-bond acceptors (Lipinski definition) is 4. The second-order valence-corrected chi connectivity index (χ2v) is 7.02. The predicted molar refractivity (Wildman–Crippen MR) is 82.1 cm³/mol. The number of ether oxygens (including phenoxy) is 2. The molecule has 0 aliphatic carbocycles. The topological polar surface area (TPSA) is 67.9 Å². The molecule has 1 atom stereocenters. The molecule has 6 nitrogen and oxygen atoms in total. The molecule has 0 aromatic rings. The molecule has 2 fully saturated rings. The number of carbonyl (C=O) groups excluding carboxylic acids is 2. The minimum absolute atomic E-state index is 0.0158. The number of hydrogen-bond donors (Lipinski definition) is 1. The maximum atomic E-state index is 12.5. The lowest BCUT2D eigenvalue weighted by Crippen LogP contribution is -2.50. The van der Waals surface area contributed by atoms with E-state index < -0.39 is 5.41 Å². The van der Waals surface area contributed by atoms with E-state index in [1.165, 1.54) is 0 Å². The smallest absolute Gasteiger partial charge is 0.225 e. The van der Waals surface area contributed by atoms with Crippen LogP contribution >= 0.6 is 0 Å². The van der Waals surface area contributed by atoms with Crippen molar-refractivity contribution in [3.8, 4) is 0 Å². The third-order valence-electron chi connectivity index (χ3n) is 4.14. The molecule has 0 spiro atoms. The van der Waals surface area contributed by atoms with Crippen molar-refractivity contribution in [3.05, 3.63) is 0 Å². The van der Waals surface area contributed by atoms with Gasteiger partial charge >= 0.3 is 0 Å². The van der Waals surface area contributed by atoms with E-state index in [9.17, 15) is 9.59 Å². The molecule has 1 unspecified atom stereocenters. The van der Waals surface area contributed by atoms with Crippen LogP contribution in [-0.4, -0.2) is 55.3 Å². The Morgan fingerprint density at radius 2 is 1.86 bits per heavy atom. The molecule has 2 saturated heterocycles. The van der Waals surface area contributed by atoms with Crippen LogP contribution in [0.4, 0.5) is 0 Å².